The van der Waals surface area contributed by atoms with Crippen molar-refractivity contribution in [2.45, 2.75) is 53.5 Å². The predicted octanol–water partition coefficient (Wildman–Crippen LogP) is 5.63. The number of piperidine rings is 1. The van der Waals surface area contributed by atoms with Crippen LogP contribution in [-0.2, 0) is 6.54 Å². The van der Waals surface area contributed by atoms with Gasteiger partial charge >= 0.3 is 0 Å². The van der Waals surface area contributed by atoms with Gasteiger partial charge in [0.05, 0.1) is 16.8 Å². The average molecular weight is 419 g/mol. The Labute approximate surface area is 185 Å². The SMILES string of the molecule is CC.CC.O=c1c2cc(CN3CCCCC3)c3ccccn3c-2nn1-c1ccccc1. The van der Waals surface area contributed by atoms with E-state index in [0.717, 1.165) is 30.8 Å². The van der Waals surface area contributed by atoms with Gasteiger partial charge in [0.15, 0.2) is 5.82 Å². The molecule has 0 atom stereocenters. The molecule has 3 aliphatic rings. The van der Waals surface area contributed by atoms with E-state index in [1.165, 1.54) is 29.5 Å². The summed E-state index contributed by atoms with van der Waals surface area (Å²) in [7, 11) is 0. The Kier molecular flexibility index (Phi) is 8.01. The lowest BCUT2D eigenvalue weighted by atomic mass is 10.1. The molecule has 0 amide bonds. The van der Waals surface area contributed by atoms with Gasteiger partial charge in [-0.1, -0.05) is 58.4 Å². The molecule has 164 valence electrons. The van der Waals surface area contributed by atoms with Gasteiger partial charge in [-0.2, -0.15) is 4.68 Å². The number of rotatable bonds is 3. The Bertz CT molecular complexity index is 1110. The maximum atomic E-state index is 13.1. The van der Waals surface area contributed by atoms with Crippen molar-refractivity contribution in [1.82, 2.24) is 19.1 Å². The molecular weight excluding hydrogens is 384 g/mol. The van der Waals surface area contributed by atoms with Crippen LogP contribution in [0.3, 0.4) is 0 Å². The molecule has 0 N–H and O–H groups in total. The van der Waals surface area contributed by atoms with Crippen LogP contribution in [-0.4, -0.2) is 32.2 Å². The third kappa shape index (κ3) is 4.72. The number of hydrogen-bond acceptors (Lipinski definition) is 3. The summed E-state index contributed by atoms with van der Waals surface area (Å²) in [5.41, 5.74) is 3.72. The second-order valence-electron chi connectivity index (χ2n) is 7.25. The smallest absolute Gasteiger partial charge is 0.282 e. The highest BCUT2D eigenvalue weighted by molar-refractivity contribution is 5.69. The first-order valence-electron chi connectivity index (χ1n) is 11.6. The van der Waals surface area contributed by atoms with Crippen molar-refractivity contribution < 1.29 is 0 Å². The molecule has 3 aliphatic heterocycles. The average Bonchev–Trinajstić information content (AvgIpc) is 3.19. The molecule has 1 aromatic heterocycles. The number of likely N-dealkylation sites (tertiary alicyclic amines) is 1. The number of fused-ring (bicyclic) bond motifs is 3. The molecule has 1 saturated heterocycles. The molecule has 0 unspecified atom stereocenters. The minimum Gasteiger partial charge on any atom is -0.299 e. The van der Waals surface area contributed by atoms with Crippen LogP contribution in [0, 0.1) is 0 Å². The standard InChI is InChI=1S/C22H22N4O.2C2H6/c27-22-19-15-17(16-24-12-6-2-7-13-24)20-11-5-8-14-25(20)21(19)23-26(22)18-9-3-1-4-10-18;2*1-2/h1,3-5,8-11,14-15H,2,6-7,12-13,16H2;2*1-2H3. The lowest BCUT2D eigenvalue weighted by molar-refractivity contribution is 0.221. The highest BCUT2D eigenvalue weighted by Crippen LogP contribution is 2.25. The molecule has 5 rings (SSSR count). The van der Waals surface area contributed by atoms with Gasteiger partial charge in [-0.3, -0.25) is 14.1 Å². The van der Waals surface area contributed by atoms with Crippen LogP contribution in [0.5, 0.6) is 0 Å². The van der Waals surface area contributed by atoms with E-state index in [4.69, 9.17) is 0 Å². The number of hydrogen-bond donors (Lipinski definition) is 0. The van der Waals surface area contributed by atoms with E-state index in [-0.39, 0.29) is 5.56 Å². The van der Waals surface area contributed by atoms with Crippen molar-refractivity contribution in [2.24, 2.45) is 0 Å². The second kappa shape index (κ2) is 10.9. The number of pyridine rings is 2. The largest absolute Gasteiger partial charge is 0.299 e. The van der Waals surface area contributed by atoms with Gasteiger partial charge in [-0.05, 0) is 61.8 Å². The molecular formula is C26H34N4O. The minimum atomic E-state index is -0.0608. The van der Waals surface area contributed by atoms with Crippen molar-refractivity contribution in [1.29, 1.82) is 0 Å². The van der Waals surface area contributed by atoms with Gasteiger partial charge in [0, 0.05) is 12.7 Å². The van der Waals surface area contributed by atoms with Gasteiger partial charge in [0.2, 0.25) is 0 Å². The number of aromatic nitrogens is 3. The van der Waals surface area contributed by atoms with Gasteiger partial charge in [0.25, 0.3) is 5.56 Å². The second-order valence-corrected chi connectivity index (χ2v) is 7.25. The number of nitrogens with zero attached hydrogens (tertiary/aromatic N) is 4. The molecule has 31 heavy (non-hydrogen) atoms. The van der Waals surface area contributed by atoms with Crippen LogP contribution in [0.4, 0.5) is 0 Å². The van der Waals surface area contributed by atoms with Gasteiger partial charge in [-0.25, -0.2) is 0 Å². The maximum absolute atomic E-state index is 13.1. The summed E-state index contributed by atoms with van der Waals surface area (Å²) in [6.07, 6.45) is 5.83. The Morgan fingerprint density at radius 2 is 1.55 bits per heavy atom. The first kappa shape index (κ1) is 22.8. The van der Waals surface area contributed by atoms with Crippen LogP contribution in [0.15, 0.2) is 65.6 Å². The molecule has 4 heterocycles. The summed E-state index contributed by atoms with van der Waals surface area (Å²) in [4.78, 5) is 15.6. The Balaban J connectivity index is 0.000000645. The first-order valence-corrected chi connectivity index (χ1v) is 11.6. The zero-order valence-electron chi connectivity index (χ0n) is 19.2. The van der Waals surface area contributed by atoms with E-state index in [2.05, 4.69) is 20.5 Å². The van der Waals surface area contributed by atoms with Crippen LogP contribution < -0.4 is 5.56 Å². The van der Waals surface area contributed by atoms with E-state index >= 15 is 0 Å². The lowest BCUT2D eigenvalue weighted by Gasteiger charge is -2.27. The van der Waals surface area contributed by atoms with Crippen LogP contribution in [0.1, 0.15) is 52.5 Å². The monoisotopic (exact) mass is 418 g/mol. The maximum Gasteiger partial charge on any atom is 0.282 e. The van der Waals surface area contributed by atoms with Gasteiger partial charge < -0.3 is 0 Å². The lowest BCUT2D eigenvalue weighted by Crippen LogP contribution is -2.29. The summed E-state index contributed by atoms with van der Waals surface area (Å²) < 4.78 is 3.56. The normalized spacial score (nSPS) is 13.9. The molecule has 2 aromatic rings. The summed E-state index contributed by atoms with van der Waals surface area (Å²) in [5.74, 6) is 0.710. The fraction of sp³-hybridized carbons (Fsp3) is 0.385. The van der Waals surface area contributed by atoms with Crippen molar-refractivity contribution in [3.63, 3.8) is 0 Å². The van der Waals surface area contributed by atoms with E-state index < -0.39 is 0 Å². The van der Waals surface area contributed by atoms with E-state index in [0.29, 0.717) is 11.4 Å². The zero-order valence-corrected chi connectivity index (χ0v) is 19.2. The molecule has 5 nitrogen and oxygen atoms in total. The van der Waals surface area contributed by atoms with E-state index in [1.54, 1.807) is 0 Å². The highest BCUT2D eigenvalue weighted by atomic mass is 16.1. The van der Waals surface area contributed by atoms with Crippen molar-refractivity contribution >= 4 is 5.52 Å². The Morgan fingerprint density at radius 3 is 2.26 bits per heavy atom. The molecule has 1 fully saturated rings. The van der Waals surface area contributed by atoms with Crippen molar-refractivity contribution in [3.05, 3.63) is 76.7 Å². The molecule has 0 aliphatic carbocycles. The van der Waals surface area contributed by atoms with Crippen LogP contribution in [0.25, 0.3) is 22.6 Å². The fourth-order valence-corrected chi connectivity index (χ4v) is 4.07. The Hall–Kier alpha value is -2.92. The van der Waals surface area contributed by atoms with Gasteiger partial charge in [-0.15, -0.1) is 5.10 Å². The minimum absolute atomic E-state index is 0.0608. The van der Waals surface area contributed by atoms with Crippen LogP contribution in [0.2, 0.25) is 0 Å². The third-order valence-corrected chi connectivity index (χ3v) is 5.44. The molecule has 0 radical (unpaired) electrons. The molecule has 1 aromatic carbocycles. The predicted molar refractivity (Wildman–Crippen MR) is 129 cm³/mol. The van der Waals surface area contributed by atoms with Crippen molar-refractivity contribution in [2.75, 3.05) is 13.1 Å². The molecule has 0 spiro atoms. The van der Waals surface area contributed by atoms with Gasteiger partial charge in [0.1, 0.15) is 0 Å². The topological polar surface area (TPSA) is 42.5 Å². The van der Waals surface area contributed by atoms with E-state index in [1.807, 2.05) is 82.4 Å². The van der Waals surface area contributed by atoms with Crippen molar-refractivity contribution in [3.8, 4) is 17.1 Å². The molecule has 5 heteroatoms. The van der Waals surface area contributed by atoms with Crippen LogP contribution >= 0.6 is 0 Å². The fourth-order valence-electron chi connectivity index (χ4n) is 4.07. The molecule has 0 saturated carbocycles. The molecule has 0 bridgehead atoms. The van der Waals surface area contributed by atoms with E-state index in [9.17, 15) is 4.79 Å². The third-order valence-electron chi connectivity index (χ3n) is 5.44. The Morgan fingerprint density at radius 1 is 0.871 bits per heavy atom. The first-order chi connectivity index (χ1) is 15.3. The summed E-state index contributed by atoms with van der Waals surface area (Å²) in [5, 5.41) is 4.65. The number of para-hydroxylation sites is 1. The quantitative estimate of drug-likeness (QED) is 0.433. The summed E-state index contributed by atoms with van der Waals surface area (Å²) in [6, 6.07) is 17.8. The zero-order chi connectivity index (χ0) is 22.2. The summed E-state index contributed by atoms with van der Waals surface area (Å²) >= 11 is 0. The summed E-state index contributed by atoms with van der Waals surface area (Å²) in [6.45, 7) is 11.1. The highest BCUT2D eigenvalue weighted by Gasteiger charge is 2.22. The number of benzene rings is 1.